The number of hydrogen-bond donors (Lipinski definition) is 0. The van der Waals surface area contributed by atoms with Gasteiger partial charge in [0.1, 0.15) is 11.6 Å². The molecular formula is C16H20F2N2O3S. The molecule has 0 bridgehead atoms. The molecule has 2 heterocycles. The third kappa shape index (κ3) is 3.30. The second-order valence-electron chi connectivity index (χ2n) is 6.42. The number of carbonyl (C=O) groups excluding carboxylic acids is 1. The van der Waals surface area contributed by atoms with Gasteiger partial charge in [-0.15, -0.1) is 0 Å². The predicted octanol–water partition coefficient (Wildman–Crippen LogP) is 1.92. The van der Waals surface area contributed by atoms with Crippen molar-refractivity contribution >= 4 is 21.6 Å². The van der Waals surface area contributed by atoms with Gasteiger partial charge in [0.05, 0.1) is 11.9 Å². The lowest BCUT2D eigenvalue weighted by Crippen LogP contribution is -2.45. The first-order chi connectivity index (χ1) is 11.3. The quantitative estimate of drug-likeness (QED) is 0.812. The number of nitrogens with zero attached hydrogens (tertiary/aromatic N) is 2. The molecule has 0 aromatic heterocycles. The van der Waals surface area contributed by atoms with Gasteiger partial charge in [-0.25, -0.2) is 21.5 Å². The summed E-state index contributed by atoms with van der Waals surface area (Å²) in [7, 11) is -3.25. The average Bonchev–Trinajstić information content (AvgIpc) is 2.53. The molecule has 1 saturated heterocycles. The highest BCUT2D eigenvalue weighted by molar-refractivity contribution is 7.88. The molecule has 0 atom stereocenters. The molecule has 1 aromatic carbocycles. The van der Waals surface area contributed by atoms with Crippen LogP contribution in [-0.4, -0.2) is 44.5 Å². The van der Waals surface area contributed by atoms with Gasteiger partial charge in [0.15, 0.2) is 0 Å². The number of rotatable bonds is 2. The van der Waals surface area contributed by atoms with Crippen LogP contribution in [0.25, 0.3) is 0 Å². The summed E-state index contributed by atoms with van der Waals surface area (Å²) >= 11 is 0. The van der Waals surface area contributed by atoms with Crippen LogP contribution in [-0.2, 0) is 21.2 Å². The highest BCUT2D eigenvalue weighted by Gasteiger charge is 2.34. The van der Waals surface area contributed by atoms with Gasteiger partial charge in [-0.3, -0.25) is 4.79 Å². The molecule has 0 N–H and O–H groups in total. The van der Waals surface area contributed by atoms with Crippen LogP contribution >= 0.6 is 0 Å². The molecule has 1 aromatic rings. The molecule has 0 aliphatic carbocycles. The maximum Gasteiger partial charge on any atom is 0.230 e. The molecule has 0 spiro atoms. The highest BCUT2D eigenvalue weighted by Crippen LogP contribution is 2.33. The van der Waals surface area contributed by atoms with Crippen LogP contribution in [0.2, 0.25) is 0 Å². The molecule has 0 unspecified atom stereocenters. The minimum absolute atomic E-state index is 0.172. The molecule has 2 aliphatic heterocycles. The van der Waals surface area contributed by atoms with Crippen molar-refractivity contribution < 1.29 is 22.0 Å². The van der Waals surface area contributed by atoms with E-state index in [4.69, 9.17) is 0 Å². The lowest BCUT2D eigenvalue weighted by molar-refractivity contribution is -0.123. The van der Waals surface area contributed by atoms with E-state index in [9.17, 15) is 22.0 Å². The summed E-state index contributed by atoms with van der Waals surface area (Å²) in [5.41, 5.74) is 0.693. The number of amides is 1. The van der Waals surface area contributed by atoms with E-state index in [0.717, 1.165) is 12.3 Å². The van der Waals surface area contributed by atoms with Crippen LogP contribution in [0.15, 0.2) is 12.1 Å². The lowest BCUT2D eigenvalue weighted by atomic mass is 9.93. The summed E-state index contributed by atoms with van der Waals surface area (Å²) in [4.78, 5) is 14.3. The Balaban J connectivity index is 1.78. The molecule has 1 amide bonds. The predicted molar refractivity (Wildman–Crippen MR) is 86.2 cm³/mol. The average molecular weight is 358 g/mol. The van der Waals surface area contributed by atoms with Gasteiger partial charge in [-0.05, 0) is 31.7 Å². The summed E-state index contributed by atoms with van der Waals surface area (Å²) in [6.07, 6.45) is 3.12. The fourth-order valence-corrected chi connectivity index (χ4v) is 4.37. The molecule has 1 fully saturated rings. The zero-order valence-corrected chi connectivity index (χ0v) is 14.3. The number of fused-ring (bicyclic) bond motifs is 1. The van der Waals surface area contributed by atoms with Gasteiger partial charge < -0.3 is 4.90 Å². The van der Waals surface area contributed by atoms with Gasteiger partial charge >= 0.3 is 0 Å². The van der Waals surface area contributed by atoms with Gasteiger partial charge in [0.25, 0.3) is 0 Å². The number of anilines is 1. The Bertz CT molecular complexity index is 759. The van der Waals surface area contributed by atoms with Crippen LogP contribution in [0.5, 0.6) is 0 Å². The first-order valence-corrected chi connectivity index (χ1v) is 9.86. The zero-order valence-electron chi connectivity index (χ0n) is 13.5. The topological polar surface area (TPSA) is 57.7 Å². The van der Waals surface area contributed by atoms with Crippen molar-refractivity contribution in [3.63, 3.8) is 0 Å². The van der Waals surface area contributed by atoms with E-state index in [1.807, 2.05) is 0 Å². The summed E-state index contributed by atoms with van der Waals surface area (Å²) in [6, 6.07) is 2.05. The standard InChI is InChI=1S/C16H20F2N2O3S/c1-24(22,23)19-7-4-11(5-8-19)16(21)20-6-2-3-13-14(18)9-12(17)10-15(13)20/h9-11H,2-8H2,1H3. The Kier molecular flexibility index (Phi) is 4.61. The second kappa shape index (κ2) is 6.40. The van der Waals surface area contributed by atoms with Crippen molar-refractivity contribution in [1.29, 1.82) is 0 Å². The molecule has 2 aliphatic rings. The van der Waals surface area contributed by atoms with Crippen LogP contribution in [0.3, 0.4) is 0 Å². The Labute approximate surface area is 140 Å². The van der Waals surface area contributed by atoms with E-state index in [2.05, 4.69) is 0 Å². The van der Waals surface area contributed by atoms with E-state index in [-0.39, 0.29) is 11.8 Å². The number of carbonyl (C=O) groups is 1. The molecule has 0 saturated carbocycles. The number of halogens is 2. The van der Waals surface area contributed by atoms with Crippen LogP contribution in [0.1, 0.15) is 24.8 Å². The number of piperidine rings is 1. The van der Waals surface area contributed by atoms with Crippen molar-refractivity contribution in [2.75, 3.05) is 30.8 Å². The largest absolute Gasteiger partial charge is 0.312 e. The lowest BCUT2D eigenvalue weighted by Gasteiger charge is -2.35. The SMILES string of the molecule is CS(=O)(=O)N1CCC(C(=O)N2CCCc3c(F)cc(F)cc32)CC1. The molecule has 132 valence electrons. The van der Waals surface area contributed by atoms with Crippen molar-refractivity contribution in [3.05, 3.63) is 29.3 Å². The molecule has 3 rings (SSSR count). The van der Waals surface area contributed by atoms with Crippen molar-refractivity contribution in [3.8, 4) is 0 Å². The fourth-order valence-electron chi connectivity index (χ4n) is 3.50. The first kappa shape index (κ1) is 17.3. The van der Waals surface area contributed by atoms with Crippen molar-refractivity contribution in [2.45, 2.75) is 25.7 Å². The zero-order chi connectivity index (χ0) is 17.5. The minimum Gasteiger partial charge on any atom is -0.312 e. The second-order valence-corrected chi connectivity index (χ2v) is 8.40. The molecule has 5 nitrogen and oxygen atoms in total. The van der Waals surface area contributed by atoms with Gasteiger partial charge in [0.2, 0.25) is 15.9 Å². The van der Waals surface area contributed by atoms with Crippen LogP contribution in [0.4, 0.5) is 14.5 Å². The van der Waals surface area contributed by atoms with Crippen molar-refractivity contribution in [2.24, 2.45) is 5.92 Å². The highest BCUT2D eigenvalue weighted by atomic mass is 32.2. The summed E-state index contributed by atoms with van der Waals surface area (Å²) in [6.45, 7) is 1.03. The summed E-state index contributed by atoms with van der Waals surface area (Å²) < 4.78 is 52.0. The maximum absolute atomic E-state index is 13.9. The van der Waals surface area contributed by atoms with Gasteiger partial charge in [-0.1, -0.05) is 0 Å². The molecule has 0 radical (unpaired) electrons. The summed E-state index contributed by atoms with van der Waals surface area (Å²) in [5.74, 6) is -1.80. The van der Waals surface area contributed by atoms with Crippen molar-refractivity contribution in [1.82, 2.24) is 4.31 Å². The minimum atomic E-state index is -3.25. The maximum atomic E-state index is 13.9. The fraction of sp³-hybridized carbons (Fsp3) is 0.562. The van der Waals surface area contributed by atoms with E-state index in [0.29, 0.717) is 56.6 Å². The van der Waals surface area contributed by atoms with E-state index >= 15 is 0 Å². The molecular weight excluding hydrogens is 338 g/mol. The van der Waals surface area contributed by atoms with Gasteiger partial charge in [0, 0.05) is 37.2 Å². The Morgan fingerprint density at radius 1 is 1.17 bits per heavy atom. The van der Waals surface area contributed by atoms with Crippen LogP contribution in [0, 0.1) is 17.6 Å². The summed E-state index contributed by atoms with van der Waals surface area (Å²) in [5, 5.41) is 0. The molecule has 8 heteroatoms. The van der Waals surface area contributed by atoms with Gasteiger partial charge in [-0.2, -0.15) is 0 Å². The number of hydrogen-bond acceptors (Lipinski definition) is 3. The first-order valence-electron chi connectivity index (χ1n) is 8.02. The Morgan fingerprint density at radius 2 is 1.83 bits per heavy atom. The normalized spacial score (nSPS) is 20.0. The Hall–Kier alpha value is -1.54. The third-order valence-electron chi connectivity index (χ3n) is 4.77. The number of sulfonamides is 1. The van der Waals surface area contributed by atoms with Crippen LogP contribution < -0.4 is 4.90 Å². The molecule has 24 heavy (non-hydrogen) atoms. The monoisotopic (exact) mass is 358 g/mol. The third-order valence-corrected chi connectivity index (χ3v) is 6.08. The Morgan fingerprint density at radius 3 is 2.46 bits per heavy atom. The van der Waals surface area contributed by atoms with E-state index < -0.39 is 21.7 Å². The number of benzene rings is 1. The van der Waals surface area contributed by atoms with E-state index in [1.54, 1.807) is 0 Å². The van der Waals surface area contributed by atoms with E-state index in [1.165, 1.54) is 15.3 Å². The smallest absolute Gasteiger partial charge is 0.230 e.